The maximum absolute atomic E-state index is 13.4. The molecular weight excluding hydrogens is 420 g/mol. The number of hydrogen-bond donors (Lipinski definition) is 1. The Kier molecular flexibility index (Phi) is 5.63. The summed E-state index contributed by atoms with van der Waals surface area (Å²) in [6.45, 7) is -0.464. The van der Waals surface area contributed by atoms with Crippen molar-refractivity contribution >= 4 is 58.0 Å². The number of amides is 1. The van der Waals surface area contributed by atoms with E-state index >= 15 is 0 Å². The average Bonchev–Trinajstić information content (AvgIpc) is 2.39. The number of rotatable bonds is 4. The van der Waals surface area contributed by atoms with Gasteiger partial charge in [-0.15, -0.1) is 0 Å². The molecule has 0 aliphatic heterocycles. The van der Waals surface area contributed by atoms with E-state index in [-0.39, 0.29) is 0 Å². The Morgan fingerprint density at radius 2 is 1.35 bits per heavy atom. The van der Waals surface area contributed by atoms with Crippen molar-refractivity contribution in [2.45, 2.75) is 24.7 Å². The number of aromatic nitrogens is 1. The van der Waals surface area contributed by atoms with Gasteiger partial charge in [-0.25, -0.2) is 4.98 Å². The Hall–Kier alpha value is -0.640. The van der Waals surface area contributed by atoms with E-state index < -0.39 is 56.6 Å². The standard InChI is InChI=1S/C10H4Cl4F6N2O/c1-8(15,16)10(19,20)9(17,18)7(23)21-4-2(11)5(13)22-6(14)3(4)12/h1H3,(H,21,22,23). The molecule has 0 spiro atoms. The predicted octanol–water partition coefficient (Wildman–Crippen LogP) is 5.56. The van der Waals surface area contributed by atoms with Crippen LogP contribution >= 0.6 is 46.4 Å². The molecule has 1 amide bonds. The van der Waals surface area contributed by atoms with Crippen LogP contribution in [-0.2, 0) is 4.79 Å². The molecule has 23 heavy (non-hydrogen) atoms. The topological polar surface area (TPSA) is 42.0 Å². The first-order chi connectivity index (χ1) is 10.1. The van der Waals surface area contributed by atoms with Crippen LogP contribution < -0.4 is 5.32 Å². The molecule has 3 nitrogen and oxygen atoms in total. The van der Waals surface area contributed by atoms with Crippen molar-refractivity contribution in [2.75, 3.05) is 5.32 Å². The number of carbonyl (C=O) groups is 1. The van der Waals surface area contributed by atoms with E-state index in [1.165, 1.54) is 5.32 Å². The summed E-state index contributed by atoms with van der Waals surface area (Å²) in [7, 11) is 0. The van der Waals surface area contributed by atoms with Gasteiger partial charge in [-0.3, -0.25) is 4.79 Å². The van der Waals surface area contributed by atoms with Crippen LogP contribution in [-0.4, -0.2) is 28.7 Å². The van der Waals surface area contributed by atoms with Crippen molar-refractivity contribution < 1.29 is 31.1 Å². The summed E-state index contributed by atoms with van der Waals surface area (Å²) in [4.78, 5) is 14.7. The molecule has 0 saturated heterocycles. The Morgan fingerprint density at radius 1 is 0.957 bits per heavy atom. The van der Waals surface area contributed by atoms with Gasteiger partial charge in [0.15, 0.2) is 10.3 Å². The van der Waals surface area contributed by atoms with Crippen LogP contribution in [0, 0.1) is 0 Å². The number of pyridine rings is 1. The zero-order valence-corrected chi connectivity index (χ0v) is 13.7. The van der Waals surface area contributed by atoms with E-state index in [1.54, 1.807) is 0 Å². The van der Waals surface area contributed by atoms with E-state index in [2.05, 4.69) is 4.98 Å². The van der Waals surface area contributed by atoms with E-state index in [1.807, 2.05) is 0 Å². The molecule has 0 aliphatic rings. The lowest BCUT2D eigenvalue weighted by atomic mass is 10.1. The molecule has 1 aromatic rings. The highest BCUT2D eigenvalue weighted by Crippen LogP contribution is 2.47. The summed E-state index contributed by atoms with van der Waals surface area (Å²) in [6, 6.07) is 0. The molecular formula is C10H4Cl4F6N2O. The minimum Gasteiger partial charge on any atom is -0.318 e. The van der Waals surface area contributed by atoms with Gasteiger partial charge >= 0.3 is 23.7 Å². The third-order valence-corrected chi connectivity index (χ3v) is 3.94. The maximum atomic E-state index is 13.4. The molecule has 0 unspecified atom stereocenters. The summed E-state index contributed by atoms with van der Waals surface area (Å²) in [5, 5.41) is -1.37. The highest BCUT2D eigenvalue weighted by atomic mass is 35.5. The number of carbonyl (C=O) groups excluding carboxylic acids is 1. The summed E-state index contributed by atoms with van der Waals surface area (Å²) in [5.41, 5.74) is -0.877. The van der Waals surface area contributed by atoms with Crippen molar-refractivity contribution in [3.05, 3.63) is 20.4 Å². The summed E-state index contributed by atoms with van der Waals surface area (Å²) in [6.07, 6.45) is 0. The van der Waals surface area contributed by atoms with E-state index in [9.17, 15) is 31.1 Å². The van der Waals surface area contributed by atoms with E-state index in [4.69, 9.17) is 46.4 Å². The number of anilines is 1. The minimum atomic E-state index is -5.98. The molecule has 0 radical (unpaired) electrons. The van der Waals surface area contributed by atoms with Crippen molar-refractivity contribution in [1.29, 1.82) is 0 Å². The van der Waals surface area contributed by atoms with Crippen molar-refractivity contribution in [2.24, 2.45) is 0 Å². The fraction of sp³-hybridized carbons (Fsp3) is 0.400. The van der Waals surface area contributed by atoms with Crippen molar-refractivity contribution in [1.82, 2.24) is 4.98 Å². The quantitative estimate of drug-likeness (QED) is 0.508. The normalized spacial score (nSPS) is 13.2. The van der Waals surface area contributed by atoms with Gasteiger partial charge in [-0.2, -0.15) is 26.3 Å². The van der Waals surface area contributed by atoms with Crippen LogP contribution in [0.2, 0.25) is 20.4 Å². The van der Waals surface area contributed by atoms with E-state index in [0.717, 1.165) is 0 Å². The van der Waals surface area contributed by atoms with Gasteiger partial charge in [0.1, 0.15) is 10.0 Å². The lowest BCUT2D eigenvalue weighted by Crippen LogP contribution is -2.58. The number of halogens is 10. The van der Waals surface area contributed by atoms with Crippen LogP contribution in [0.1, 0.15) is 6.92 Å². The first-order valence-electron chi connectivity index (χ1n) is 5.29. The Labute approximate surface area is 144 Å². The molecule has 13 heteroatoms. The lowest BCUT2D eigenvalue weighted by molar-refractivity contribution is -0.289. The second kappa shape index (κ2) is 6.34. The van der Waals surface area contributed by atoms with Crippen LogP contribution in [0.3, 0.4) is 0 Å². The van der Waals surface area contributed by atoms with Gasteiger partial charge < -0.3 is 5.32 Å². The van der Waals surface area contributed by atoms with Crippen LogP contribution in [0.25, 0.3) is 0 Å². The number of nitrogens with zero attached hydrogens (tertiary/aromatic N) is 1. The van der Waals surface area contributed by atoms with Gasteiger partial charge in [-0.05, 0) is 0 Å². The smallest absolute Gasteiger partial charge is 0.318 e. The number of hydrogen-bond acceptors (Lipinski definition) is 2. The molecule has 130 valence electrons. The lowest BCUT2D eigenvalue weighted by Gasteiger charge is -2.29. The van der Waals surface area contributed by atoms with Crippen LogP contribution in [0.15, 0.2) is 0 Å². The first kappa shape index (κ1) is 20.4. The Morgan fingerprint density at radius 3 is 1.70 bits per heavy atom. The molecule has 1 heterocycles. The molecule has 0 bridgehead atoms. The molecule has 0 fully saturated rings. The highest BCUT2D eigenvalue weighted by Gasteiger charge is 2.73. The van der Waals surface area contributed by atoms with Gasteiger partial charge in [0.05, 0.1) is 5.69 Å². The Balaban J connectivity index is 3.29. The van der Waals surface area contributed by atoms with Gasteiger partial charge in [0.2, 0.25) is 0 Å². The fourth-order valence-electron chi connectivity index (χ4n) is 1.21. The Bertz CT molecular complexity index is 623. The van der Waals surface area contributed by atoms with Gasteiger partial charge in [0.25, 0.3) is 0 Å². The zero-order valence-electron chi connectivity index (χ0n) is 10.6. The zero-order chi connectivity index (χ0) is 18.4. The highest BCUT2D eigenvalue weighted by molar-refractivity contribution is 6.49. The maximum Gasteiger partial charge on any atom is 0.392 e. The number of nitrogens with one attached hydrogen (secondary N) is 1. The first-order valence-corrected chi connectivity index (χ1v) is 6.80. The number of alkyl halides is 6. The van der Waals surface area contributed by atoms with Crippen LogP contribution in [0.4, 0.5) is 32.0 Å². The molecule has 0 aromatic carbocycles. The van der Waals surface area contributed by atoms with Gasteiger partial charge in [0, 0.05) is 6.92 Å². The summed E-state index contributed by atoms with van der Waals surface area (Å²) < 4.78 is 78.5. The minimum absolute atomic E-state index is 0.464. The monoisotopic (exact) mass is 422 g/mol. The molecule has 0 aliphatic carbocycles. The second-order valence-corrected chi connectivity index (χ2v) is 5.66. The summed E-state index contributed by atoms with van der Waals surface area (Å²) in [5.74, 6) is -19.7. The third kappa shape index (κ3) is 3.57. The van der Waals surface area contributed by atoms with E-state index in [0.29, 0.717) is 0 Å². The molecule has 0 saturated carbocycles. The largest absolute Gasteiger partial charge is 0.392 e. The van der Waals surface area contributed by atoms with Gasteiger partial charge in [-0.1, -0.05) is 46.4 Å². The van der Waals surface area contributed by atoms with Crippen molar-refractivity contribution in [3.63, 3.8) is 0 Å². The third-order valence-electron chi connectivity index (χ3n) is 2.47. The molecule has 1 N–H and O–H groups in total. The average molecular weight is 424 g/mol. The SMILES string of the molecule is CC(F)(F)C(F)(F)C(F)(F)C(=O)Nc1c(Cl)c(Cl)nc(Cl)c1Cl. The fourth-order valence-corrected chi connectivity index (χ4v) is 2.02. The van der Waals surface area contributed by atoms with Crippen LogP contribution in [0.5, 0.6) is 0 Å². The van der Waals surface area contributed by atoms with Crippen molar-refractivity contribution in [3.8, 4) is 0 Å². The summed E-state index contributed by atoms with van der Waals surface area (Å²) >= 11 is 22.0. The second-order valence-electron chi connectivity index (χ2n) is 4.19. The molecule has 0 atom stereocenters. The molecule has 1 aromatic heterocycles. The predicted molar refractivity (Wildman–Crippen MR) is 73.4 cm³/mol. The molecule has 1 rings (SSSR count).